The number of hydrogen-bond acceptors (Lipinski definition) is 4. The van der Waals surface area contributed by atoms with E-state index in [0.717, 1.165) is 37.5 Å². The average Bonchev–Trinajstić information content (AvgIpc) is 2.45. The van der Waals surface area contributed by atoms with Crippen molar-refractivity contribution in [2.24, 2.45) is 0 Å². The van der Waals surface area contributed by atoms with Gasteiger partial charge in [-0.05, 0) is 45.5 Å². The first-order valence-electron chi connectivity index (χ1n) is 7.87. The first kappa shape index (κ1) is 16.3. The molecule has 0 aromatic heterocycles. The molecule has 1 heterocycles. The summed E-state index contributed by atoms with van der Waals surface area (Å²) >= 11 is 0. The number of nitrogens with zero attached hydrogens (tertiary/aromatic N) is 2. The minimum Gasteiger partial charge on any atom is -0.494 e. The molecule has 1 saturated heterocycles. The molecule has 0 radical (unpaired) electrons. The highest BCUT2D eigenvalue weighted by molar-refractivity contribution is 5.38. The lowest BCUT2D eigenvalue weighted by Gasteiger charge is -2.37. The lowest BCUT2D eigenvalue weighted by molar-refractivity contribution is 0.0990. The van der Waals surface area contributed by atoms with Crippen molar-refractivity contribution in [1.29, 1.82) is 0 Å². The molecule has 1 aromatic carbocycles. The van der Waals surface area contributed by atoms with Crippen molar-refractivity contribution in [2.75, 3.05) is 33.3 Å². The van der Waals surface area contributed by atoms with Crippen LogP contribution < -0.4 is 4.74 Å². The van der Waals surface area contributed by atoms with Crippen LogP contribution in [-0.2, 0) is 6.54 Å². The number of ether oxygens (including phenoxy) is 1. The van der Waals surface area contributed by atoms with Crippen molar-refractivity contribution in [3.63, 3.8) is 0 Å². The van der Waals surface area contributed by atoms with Gasteiger partial charge in [0.2, 0.25) is 0 Å². The first-order chi connectivity index (χ1) is 10.0. The Labute approximate surface area is 128 Å². The fraction of sp³-hybridized carbons (Fsp3) is 0.647. The highest BCUT2D eigenvalue weighted by atomic mass is 16.5. The van der Waals surface area contributed by atoms with Crippen molar-refractivity contribution in [3.05, 3.63) is 29.3 Å². The topological polar surface area (TPSA) is 35.9 Å². The number of likely N-dealkylation sites (N-methyl/N-ethyl adjacent to an activating group) is 1. The van der Waals surface area contributed by atoms with E-state index in [1.54, 1.807) is 6.92 Å². The third kappa shape index (κ3) is 4.19. The number of benzene rings is 1. The number of rotatable bonds is 5. The zero-order chi connectivity index (χ0) is 15.4. The Morgan fingerprint density at radius 2 is 2.14 bits per heavy atom. The SMILES string of the molecule is CCOc1ccc(C(C)O)cc1CN1CCN(C)C(C)C1. The summed E-state index contributed by atoms with van der Waals surface area (Å²) in [5, 5.41) is 9.79. The molecular formula is C17H28N2O2. The molecule has 21 heavy (non-hydrogen) atoms. The molecule has 2 rings (SSSR count). The normalized spacial score (nSPS) is 22.2. The van der Waals surface area contributed by atoms with E-state index in [4.69, 9.17) is 4.74 Å². The molecule has 0 saturated carbocycles. The van der Waals surface area contributed by atoms with Gasteiger partial charge in [0.1, 0.15) is 5.75 Å². The van der Waals surface area contributed by atoms with Crippen LogP contribution >= 0.6 is 0 Å². The maximum absolute atomic E-state index is 9.79. The quantitative estimate of drug-likeness (QED) is 0.903. The van der Waals surface area contributed by atoms with Gasteiger partial charge in [-0.2, -0.15) is 0 Å². The van der Waals surface area contributed by atoms with Crippen molar-refractivity contribution in [3.8, 4) is 5.75 Å². The van der Waals surface area contributed by atoms with Crippen LogP contribution in [0, 0.1) is 0 Å². The van der Waals surface area contributed by atoms with E-state index in [-0.39, 0.29) is 0 Å². The minimum absolute atomic E-state index is 0.439. The number of piperazine rings is 1. The van der Waals surface area contributed by atoms with E-state index in [0.29, 0.717) is 12.6 Å². The first-order valence-corrected chi connectivity index (χ1v) is 7.87. The van der Waals surface area contributed by atoms with Crippen LogP contribution in [0.1, 0.15) is 38.0 Å². The van der Waals surface area contributed by atoms with Crippen molar-refractivity contribution < 1.29 is 9.84 Å². The number of aliphatic hydroxyl groups is 1. The molecule has 1 N–H and O–H groups in total. The van der Waals surface area contributed by atoms with E-state index in [1.807, 2.05) is 19.1 Å². The molecule has 0 amide bonds. The predicted molar refractivity (Wildman–Crippen MR) is 85.6 cm³/mol. The Bertz CT molecular complexity index is 462. The molecule has 118 valence electrons. The summed E-state index contributed by atoms with van der Waals surface area (Å²) < 4.78 is 5.74. The van der Waals surface area contributed by atoms with Crippen LogP contribution in [0.2, 0.25) is 0 Å². The fourth-order valence-corrected chi connectivity index (χ4v) is 2.79. The van der Waals surface area contributed by atoms with Gasteiger partial charge in [-0.1, -0.05) is 6.07 Å². The standard InChI is InChI=1S/C17H28N2O2/c1-5-21-17-7-6-15(14(3)20)10-16(17)12-19-9-8-18(4)13(2)11-19/h6-7,10,13-14,20H,5,8-9,11-12H2,1-4H3. The number of hydrogen-bond donors (Lipinski definition) is 1. The summed E-state index contributed by atoms with van der Waals surface area (Å²) in [6.45, 7) is 10.9. The maximum Gasteiger partial charge on any atom is 0.123 e. The maximum atomic E-state index is 9.79. The van der Waals surface area contributed by atoms with Crippen LogP contribution in [0.25, 0.3) is 0 Å². The summed E-state index contributed by atoms with van der Waals surface area (Å²) in [7, 11) is 2.18. The zero-order valence-electron chi connectivity index (χ0n) is 13.7. The second-order valence-electron chi connectivity index (χ2n) is 6.04. The van der Waals surface area contributed by atoms with Gasteiger partial charge >= 0.3 is 0 Å². The lowest BCUT2D eigenvalue weighted by Crippen LogP contribution is -2.49. The van der Waals surface area contributed by atoms with Crippen LogP contribution in [-0.4, -0.2) is 54.2 Å². The minimum atomic E-state index is -0.439. The van der Waals surface area contributed by atoms with Gasteiger partial charge in [0.05, 0.1) is 12.7 Å². The molecule has 4 heteroatoms. The Morgan fingerprint density at radius 1 is 1.38 bits per heavy atom. The summed E-state index contributed by atoms with van der Waals surface area (Å²) in [5.74, 6) is 0.938. The highest BCUT2D eigenvalue weighted by Gasteiger charge is 2.21. The van der Waals surface area contributed by atoms with Crippen LogP contribution in [0.15, 0.2) is 18.2 Å². The molecule has 0 bridgehead atoms. The van der Waals surface area contributed by atoms with Gasteiger partial charge in [0.15, 0.2) is 0 Å². The Balaban J connectivity index is 2.14. The lowest BCUT2D eigenvalue weighted by atomic mass is 10.0. The Kier molecular flexibility index (Phi) is 5.62. The van der Waals surface area contributed by atoms with Gasteiger partial charge in [-0.15, -0.1) is 0 Å². The second-order valence-corrected chi connectivity index (χ2v) is 6.04. The van der Waals surface area contributed by atoms with E-state index in [1.165, 1.54) is 5.56 Å². The smallest absolute Gasteiger partial charge is 0.123 e. The van der Waals surface area contributed by atoms with Gasteiger partial charge in [-0.3, -0.25) is 4.90 Å². The highest BCUT2D eigenvalue weighted by Crippen LogP contribution is 2.25. The molecule has 0 aliphatic carbocycles. The Morgan fingerprint density at radius 3 is 2.76 bits per heavy atom. The van der Waals surface area contributed by atoms with Crippen molar-refractivity contribution in [1.82, 2.24) is 9.80 Å². The molecule has 1 aliphatic heterocycles. The summed E-state index contributed by atoms with van der Waals surface area (Å²) in [6.07, 6.45) is -0.439. The number of aliphatic hydroxyl groups excluding tert-OH is 1. The molecule has 1 fully saturated rings. The van der Waals surface area contributed by atoms with E-state index in [9.17, 15) is 5.11 Å². The third-order valence-electron chi connectivity index (χ3n) is 4.30. The van der Waals surface area contributed by atoms with Crippen LogP contribution in [0.5, 0.6) is 5.75 Å². The average molecular weight is 292 g/mol. The van der Waals surface area contributed by atoms with Gasteiger partial charge in [0.25, 0.3) is 0 Å². The van der Waals surface area contributed by atoms with Crippen molar-refractivity contribution in [2.45, 2.75) is 39.5 Å². The Hall–Kier alpha value is -1.10. The molecule has 4 nitrogen and oxygen atoms in total. The molecule has 1 aromatic rings. The predicted octanol–water partition coefficient (Wildman–Crippen LogP) is 2.27. The third-order valence-corrected chi connectivity index (χ3v) is 4.30. The van der Waals surface area contributed by atoms with E-state index in [2.05, 4.69) is 29.8 Å². The molecule has 1 aliphatic rings. The fourth-order valence-electron chi connectivity index (χ4n) is 2.79. The molecule has 0 spiro atoms. The van der Waals surface area contributed by atoms with Gasteiger partial charge in [0, 0.05) is 37.8 Å². The van der Waals surface area contributed by atoms with E-state index >= 15 is 0 Å². The summed E-state index contributed by atoms with van der Waals surface area (Å²) in [4.78, 5) is 4.86. The summed E-state index contributed by atoms with van der Waals surface area (Å²) in [6, 6.07) is 6.60. The molecular weight excluding hydrogens is 264 g/mol. The van der Waals surface area contributed by atoms with Crippen LogP contribution in [0.4, 0.5) is 0 Å². The molecule has 2 unspecified atom stereocenters. The second kappa shape index (κ2) is 7.25. The van der Waals surface area contributed by atoms with Crippen LogP contribution in [0.3, 0.4) is 0 Å². The monoisotopic (exact) mass is 292 g/mol. The van der Waals surface area contributed by atoms with Gasteiger partial charge in [-0.25, -0.2) is 0 Å². The van der Waals surface area contributed by atoms with Crippen molar-refractivity contribution >= 4 is 0 Å². The molecule has 2 atom stereocenters. The summed E-state index contributed by atoms with van der Waals surface area (Å²) in [5.41, 5.74) is 2.13. The zero-order valence-corrected chi connectivity index (χ0v) is 13.7. The van der Waals surface area contributed by atoms with E-state index < -0.39 is 6.10 Å². The van der Waals surface area contributed by atoms with Gasteiger partial charge < -0.3 is 14.7 Å². The largest absolute Gasteiger partial charge is 0.494 e.